The molecular weight excluding hydrogens is 399 g/mol. The summed E-state index contributed by atoms with van der Waals surface area (Å²) < 4.78 is 45.4. The predicted molar refractivity (Wildman–Crippen MR) is 84.3 cm³/mol. The van der Waals surface area contributed by atoms with Gasteiger partial charge in [0.05, 0.1) is 10.7 Å². The fourth-order valence-electron chi connectivity index (χ4n) is 1.82. The largest absolute Gasteiger partial charge is 0.482 e. The Morgan fingerprint density at radius 2 is 1.96 bits per heavy atom. The van der Waals surface area contributed by atoms with Gasteiger partial charge in [0.1, 0.15) is 5.75 Å². The third-order valence-electron chi connectivity index (χ3n) is 2.85. The van der Waals surface area contributed by atoms with Crippen molar-refractivity contribution in [2.75, 3.05) is 11.9 Å². The van der Waals surface area contributed by atoms with Gasteiger partial charge < -0.3 is 10.1 Å². The van der Waals surface area contributed by atoms with Crippen LogP contribution in [-0.2, 0) is 4.79 Å². The molecule has 2 aromatic rings. The van der Waals surface area contributed by atoms with Crippen LogP contribution >= 0.6 is 27.5 Å². The maximum absolute atomic E-state index is 13.5. The Morgan fingerprint density at radius 3 is 2.61 bits per heavy atom. The smallest absolute Gasteiger partial charge is 0.262 e. The lowest BCUT2D eigenvalue weighted by Crippen LogP contribution is -2.21. The topological polar surface area (TPSA) is 38.3 Å². The molecule has 0 aliphatic rings. The first-order valence-electron chi connectivity index (χ1n) is 6.31. The molecule has 0 atom stereocenters. The predicted octanol–water partition coefficient (Wildman–Crippen LogP) is 4.85. The van der Waals surface area contributed by atoms with Crippen LogP contribution in [0, 0.1) is 24.4 Å². The Balaban J connectivity index is 2.06. The van der Waals surface area contributed by atoms with Gasteiger partial charge in [-0.25, -0.2) is 13.2 Å². The van der Waals surface area contributed by atoms with Gasteiger partial charge in [0.2, 0.25) is 0 Å². The molecule has 0 saturated heterocycles. The van der Waals surface area contributed by atoms with Crippen molar-refractivity contribution in [2.45, 2.75) is 6.92 Å². The summed E-state index contributed by atoms with van der Waals surface area (Å²) >= 11 is 9.27. The van der Waals surface area contributed by atoms with E-state index in [1.165, 1.54) is 0 Å². The van der Waals surface area contributed by atoms with Gasteiger partial charge in [-0.15, -0.1) is 0 Å². The minimum atomic E-state index is -1.66. The van der Waals surface area contributed by atoms with Crippen molar-refractivity contribution in [3.05, 3.63) is 56.8 Å². The maximum atomic E-state index is 13.5. The van der Waals surface area contributed by atoms with Crippen LogP contribution in [0.25, 0.3) is 0 Å². The van der Waals surface area contributed by atoms with Crippen LogP contribution in [-0.4, -0.2) is 12.5 Å². The number of hydrogen-bond donors (Lipinski definition) is 1. The second-order valence-corrected chi connectivity index (χ2v) is 5.92. The fraction of sp³-hybridized carbons (Fsp3) is 0.133. The van der Waals surface area contributed by atoms with Crippen molar-refractivity contribution in [2.24, 2.45) is 0 Å². The van der Waals surface area contributed by atoms with Crippen LogP contribution in [0.4, 0.5) is 18.9 Å². The number of aryl methyl sites for hydroxylation is 1. The molecule has 0 aliphatic heterocycles. The number of nitrogens with one attached hydrogen (secondary N) is 1. The molecule has 1 N–H and O–H groups in total. The molecule has 2 aromatic carbocycles. The molecule has 122 valence electrons. The molecule has 0 bridgehead atoms. The van der Waals surface area contributed by atoms with Crippen molar-refractivity contribution in [3.63, 3.8) is 0 Å². The highest BCUT2D eigenvalue weighted by molar-refractivity contribution is 9.10. The quantitative estimate of drug-likeness (QED) is 0.735. The summed E-state index contributed by atoms with van der Waals surface area (Å²) in [5.41, 5.74) is 0.215. The van der Waals surface area contributed by atoms with E-state index in [9.17, 15) is 18.0 Å². The number of carbonyl (C=O) groups excluding carboxylic acids is 1. The standard InChI is InChI=1S/C15H10BrClF3NO2/c1-7-4-8(16)5-9(17)15(7)23-6-12(22)21-11-3-2-10(18)13(19)14(11)20/h2-5H,6H2,1H3,(H,21,22). The molecule has 8 heteroatoms. The van der Waals surface area contributed by atoms with E-state index in [1.807, 2.05) is 0 Å². The molecule has 0 aromatic heterocycles. The molecule has 0 radical (unpaired) electrons. The number of hydrogen-bond acceptors (Lipinski definition) is 2. The van der Waals surface area contributed by atoms with E-state index < -0.39 is 35.7 Å². The van der Waals surface area contributed by atoms with E-state index in [1.54, 1.807) is 19.1 Å². The van der Waals surface area contributed by atoms with Gasteiger partial charge in [0.25, 0.3) is 5.91 Å². The molecule has 0 saturated carbocycles. The molecule has 0 aliphatic carbocycles. The van der Waals surface area contributed by atoms with Crippen LogP contribution in [0.15, 0.2) is 28.7 Å². The zero-order valence-corrected chi connectivity index (χ0v) is 14.1. The van der Waals surface area contributed by atoms with E-state index in [4.69, 9.17) is 16.3 Å². The van der Waals surface area contributed by atoms with Crippen molar-refractivity contribution in [1.29, 1.82) is 0 Å². The first-order chi connectivity index (χ1) is 10.8. The van der Waals surface area contributed by atoms with Gasteiger partial charge in [-0.1, -0.05) is 27.5 Å². The number of amides is 1. The zero-order chi connectivity index (χ0) is 17.1. The van der Waals surface area contributed by atoms with Crippen LogP contribution in [0.2, 0.25) is 5.02 Å². The highest BCUT2D eigenvalue weighted by Gasteiger charge is 2.16. The van der Waals surface area contributed by atoms with Gasteiger partial charge >= 0.3 is 0 Å². The summed E-state index contributed by atoms with van der Waals surface area (Å²) in [4.78, 5) is 11.8. The Kier molecular flexibility index (Phi) is 5.54. The highest BCUT2D eigenvalue weighted by atomic mass is 79.9. The van der Waals surface area contributed by atoms with E-state index in [-0.39, 0.29) is 0 Å². The highest BCUT2D eigenvalue weighted by Crippen LogP contribution is 2.32. The minimum Gasteiger partial charge on any atom is -0.482 e. The van der Waals surface area contributed by atoms with Crippen molar-refractivity contribution in [1.82, 2.24) is 0 Å². The van der Waals surface area contributed by atoms with Crippen LogP contribution in [0.3, 0.4) is 0 Å². The average Bonchev–Trinajstić information content (AvgIpc) is 2.47. The Morgan fingerprint density at radius 1 is 1.26 bits per heavy atom. The number of halogens is 5. The summed E-state index contributed by atoms with van der Waals surface area (Å²) in [6.07, 6.45) is 0. The zero-order valence-electron chi connectivity index (χ0n) is 11.7. The molecule has 23 heavy (non-hydrogen) atoms. The van der Waals surface area contributed by atoms with Gasteiger partial charge in [0, 0.05) is 4.47 Å². The van der Waals surface area contributed by atoms with Crippen LogP contribution in [0.5, 0.6) is 5.75 Å². The molecule has 0 spiro atoms. The van der Waals surface area contributed by atoms with Crippen LogP contribution < -0.4 is 10.1 Å². The third kappa shape index (κ3) is 4.17. The van der Waals surface area contributed by atoms with Crippen molar-refractivity contribution < 1.29 is 22.7 Å². The van der Waals surface area contributed by atoms with Gasteiger partial charge in [0.15, 0.2) is 24.1 Å². The average molecular weight is 409 g/mol. The van der Waals surface area contributed by atoms with Crippen LogP contribution in [0.1, 0.15) is 5.56 Å². The minimum absolute atomic E-state index is 0.295. The fourth-order valence-corrected chi connectivity index (χ4v) is 2.84. The lowest BCUT2D eigenvalue weighted by molar-refractivity contribution is -0.118. The Hall–Kier alpha value is -1.73. The SMILES string of the molecule is Cc1cc(Br)cc(Cl)c1OCC(=O)Nc1ccc(F)c(F)c1F. The maximum Gasteiger partial charge on any atom is 0.262 e. The number of anilines is 1. The van der Waals surface area contributed by atoms with Gasteiger partial charge in [-0.3, -0.25) is 4.79 Å². The normalized spacial score (nSPS) is 10.5. The summed E-state index contributed by atoms with van der Waals surface area (Å²) in [7, 11) is 0. The monoisotopic (exact) mass is 407 g/mol. The van der Waals surface area contributed by atoms with E-state index in [0.717, 1.165) is 10.5 Å². The molecular formula is C15H10BrClF3NO2. The van der Waals surface area contributed by atoms with Crippen molar-refractivity contribution >= 4 is 39.1 Å². The summed E-state index contributed by atoms with van der Waals surface area (Å²) in [5.74, 6) is -4.91. The summed E-state index contributed by atoms with van der Waals surface area (Å²) in [5, 5.41) is 2.40. The molecule has 0 heterocycles. The molecule has 3 nitrogen and oxygen atoms in total. The molecule has 1 amide bonds. The van der Waals surface area contributed by atoms with E-state index in [0.29, 0.717) is 22.4 Å². The van der Waals surface area contributed by atoms with Gasteiger partial charge in [-0.05, 0) is 36.8 Å². The Bertz CT molecular complexity index is 748. The van der Waals surface area contributed by atoms with E-state index >= 15 is 0 Å². The number of benzene rings is 2. The summed E-state index contributed by atoms with van der Waals surface area (Å²) in [6.45, 7) is 1.26. The van der Waals surface area contributed by atoms with E-state index in [2.05, 4.69) is 21.2 Å². The second kappa shape index (κ2) is 7.23. The third-order valence-corrected chi connectivity index (χ3v) is 3.59. The first kappa shape index (κ1) is 17.6. The summed E-state index contributed by atoms with van der Waals surface area (Å²) in [6, 6.07) is 4.97. The number of carbonyl (C=O) groups is 1. The number of ether oxygens (including phenoxy) is 1. The molecule has 0 fully saturated rings. The second-order valence-electron chi connectivity index (χ2n) is 4.59. The molecule has 2 rings (SSSR count). The Labute approximate surface area is 143 Å². The van der Waals surface area contributed by atoms with Crippen molar-refractivity contribution in [3.8, 4) is 5.75 Å². The number of rotatable bonds is 4. The lowest BCUT2D eigenvalue weighted by Gasteiger charge is -2.12. The van der Waals surface area contributed by atoms with Gasteiger partial charge in [-0.2, -0.15) is 0 Å². The lowest BCUT2D eigenvalue weighted by atomic mass is 10.2. The molecule has 0 unspecified atom stereocenters. The first-order valence-corrected chi connectivity index (χ1v) is 7.48.